The highest BCUT2D eigenvalue weighted by Gasteiger charge is 2.30. The van der Waals surface area contributed by atoms with E-state index in [0.29, 0.717) is 17.3 Å². The van der Waals surface area contributed by atoms with Crippen LogP contribution in [0.5, 0.6) is 0 Å². The van der Waals surface area contributed by atoms with Crippen LogP contribution >= 0.6 is 11.3 Å². The summed E-state index contributed by atoms with van der Waals surface area (Å²) in [5.74, 6) is -0.740. The molecule has 4 rings (SSSR count). The molecule has 13 heteroatoms. The molecule has 0 spiro atoms. The number of amides is 2. The number of esters is 1. The molecule has 1 atom stereocenters. The van der Waals surface area contributed by atoms with Gasteiger partial charge in [-0.1, -0.05) is 36.8 Å². The van der Waals surface area contributed by atoms with Crippen LogP contribution in [0, 0.1) is 5.92 Å². The van der Waals surface area contributed by atoms with E-state index in [1.54, 1.807) is 38.7 Å². The summed E-state index contributed by atoms with van der Waals surface area (Å²) in [7, 11) is 1.75. The molecule has 0 bridgehead atoms. The maximum atomic E-state index is 13.2. The molecule has 2 amide bonds. The molecule has 1 aromatic carbocycles. The van der Waals surface area contributed by atoms with Gasteiger partial charge in [0.15, 0.2) is 5.69 Å². The number of ether oxygens (including phenoxy) is 2. The van der Waals surface area contributed by atoms with Gasteiger partial charge in [0.05, 0.1) is 18.5 Å². The number of aryl methyl sites for hydroxylation is 1. The maximum absolute atomic E-state index is 13.2. The normalized spacial score (nSPS) is 14.7. The maximum Gasteiger partial charge on any atom is 0.412 e. The fourth-order valence-corrected chi connectivity index (χ4v) is 5.66. The quantitative estimate of drug-likeness (QED) is 0.212. The average Bonchev–Trinajstić information content (AvgIpc) is 3.57. The molecule has 1 unspecified atom stereocenters. The van der Waals surface area contributed by atoms with E-state index >= 15 is 0 Å². The second-order valence-corrected chi connectivity index (χ2v) is 12.6. The van der Waals surface area contributed by atoms with Crippen molar-refractivity contribution in [3.8, 4) is 10.6 Å². The van der Waals surface area contributed by atoms with Crippen molar-refractivity contribution in [2.24, 2.45) is 18.7 Å². The average molecular weight is 612 g/mol. The van der Waals surface area contributed by atoms with E-state index in [-0.39, 0.29) is 22.6 Å². The number of hydrogen-bond acceptors (Lipinski definition) is 10. The number of carbonyl (C=O) groups is 3. The number of benzene rings is 1. The lowest BCUT2D eigenvalue weighted by molar-refractivity contribution is -0.146. The van der Waals surface area contributed by atoms with Gasteiger partial charge in [0, 0.05) is 37.6 Å². The van der Waals surface area contributed by atoms with Crippen molar-refractivity contribution in [2.75, 3.05) is 35.2 Å². The molecule has 232 valence electrons. The minimum atomic E-state index is -0.712. The van der Waals surface area contributed by atoms with Gasteiger partial charge in [0.2, 0.25) is 0 Å². The van der Waals surface area contributed by atoms with Crippen LogP contribution in [-0.4, -0.2) is 64.1 Å². The monoisotopic (exact) mass is 611 g/mol. The minimum absolute atomic E-state index is 0.0647. The zero-order valence-electron chi connectivity index (χ0n) is 25.4. The van der Waals surface area contributed by atoms with Gasteiger partial charge in [-0.25, -0.2) is 9.78 Å². The largest absolute Gasteiger partial charge is 0.465 e. The number of nitrogens with zero attached hydrogens (tertiary/aromatic N) is 4. The molecule has 3 aromatic rings. The molecule has 12 nitrogen and oxygen atoms in total. The summed E-state index contributed by atoms with van der Waals surface area (Å²) in [4.78, 5) is 45.1. The Labute approximate surface area is 255 Å². The molecule has 0 saturated carbocycles. The predicted molar refractivity (Wildman–Crippen MR) is 167 cm³/mol. The predicted octanol–water partition coefficient (Wildman–Crippen LogP) is 5.03. The molecule has 1 aliphatic heterocycles. The summed E-state index contributed by atoms with van der Waals surface area (Å²) in [5, 5.41) is 10.4. The first kappa shape index (κ1) is 32.0. The Bertz CT molecular complexity index is 1420. The fraction of sp³-hybridized carbons (Fsp3) is 0.500. The number of unbranched alkanes of at least 4 members (excludes halogenated alkanes) is 1. The number of aromatic nitrogens is 3. The number of carbonyl (C=O) groups excluding carboxylic acids is 3. The Morgan fingerprint density at radius 1 is 1.19 bits per heavy atom. The number of rotatable bonds is 10. The first-order valence-electron chi connectivity index (χ1n) is 14.5. The van der Waals surface area contributed by atoms with Crippen LogP contribution in [0.4, 0.5) is 21.2 Å². The van der Waals surface area contributed by atoms with Gasteiger partial charge in [0.1, 0.15) is 21.7 Å². The van der Waals surface area contributed by atoms with Crippen molar-refractivity contribution >= 4 is 45.7 Å². The summed E-state index contributed by atoms with van der Waals surface area (Å²) in [6.07, 6.45) is 5.86. The Balaban J connectivity index is 1.50. The second-order valence-electron chi connectivity index (χ2n) is 11.6. The lowest BCUT2D eigenvalue weighted by Crippen LogP contribution is -2.45. The molecular formula is C30H41N7O5S. The Morgan fingerprint density at radius 3 is 2.58 bits per heavy atom. The van der Waals surface area contributed by atoms with E-state index in [1.165, 1.54) is 17.5 Å². The molecular weight excluding hydrogens is 570 g/mol. The van der Waals surface area contributed by atoms with Crippen LogP contribution in [0.3, 0.4) is 0 Å². The molecule has 3 heterocycles. The number of hydrogen-bond donors (Lipinski definition) is 3. The van der Waals surface area contributed by atoms with Crippen LogP contribution in [0.15, 0.2) is 36.7 Å². The van der Waals surface area contributed by atoms with Crippen molar-refractivity contribution in [3.63, 3.8) is 0 Å². The van der Waals surface area contributed by atoms with Gasteiger partial charge in [-0.15, -0.1) is 0 Å². The lowest BCUT2D eigenvalue weighted by Gasteiger charge is -2.35. The number of nitrogens with one attached hydrogen (secondary N) is 2. The van der Waals surface area contributed by atoms with Crippen molar-refractivity contribution < 1.29 is 23.9 Å². The summed E-state index contributed by atoms with van der Waals surface area (Å²) >= 11 is 1.19. The van der Waals surface area contributed by atoms with Gasteiger partial charge in [0.25, 0.3) is 5.91 Å². The van der Waals surface area contributed by atoms with Crippen LogP contribution in [0.2, 0.25) is 0 Å². The lowest BCUT2D eigenvalue weighted by atomic mass is 9.89. The van der Waals surface area contributed by atoms with E-state index in [9.17, 15) is 14.4 Å². The minimum Gasteiger partial charge on any atom is -0.465 e. The van der Waals surface area contributed by atoms with Crippen molar-refractivity contribution in [1.29, 1.82) is 0 Å². The van der Waals surface area contributed by atoms with E-state index < -0.39 is 23.6 Å². The van der Waals surface area contributed by atoms with Crippen LogP contribution < -0.4 is 21.3 Å². The molecule has 0 radical (unpaired) electrons. The van der Waals surface area contributed by atoms with Crippen molar-refractivity contribution in [3.05, 3.63) is 42.4 Å². The Kier molecular flexibility index (Phi) is 10.4. The Hall–Kier alpha value is -3.97. The molecule has 1 aliphatic rings. The molecule has 1 saturated heterocycles. The summed E-state index contributed by atoms with van der Waals surface area (Å²) in [5.41, 5.74) is 7.90. The third-order valence-electron chi connectivity index (χ3n) is 6.94. The highest BCUT2D eigenvalue weighted by Crippen LogP contribution is 2.35. The van der Waals surface area contributed by atoms with E-state index in [0.717, 1.165) is 50.0 Å². The third kappa shape index (κ3) is 8.77. The van der Waals surface area contributed by atoms with Gasteiger partial charge in [-0.05, 0) is 58.1 Å². The molecule has 43 heavy (non-hydrogen) atoms. The van der Waals surface area contributed by atoms with Gasteiger partial charge in [-0.3, -0.25) is 19.6 Å². The number of nitrogens with two attached hydrogens (primary N) is 1. The molecule has 2 aromatic heterocycles. The van der Waals surface area contributed by atoms with E-state index in [4.69, 9.17) is 15.2 Å². The highest BCUT2D eigenvalue weighted by atomic mass is 32.1. The summed E-state index contributed by atoms with van der Waals surface area (Å²) < 4.78 is 12.3. The van der Waals surface area contributed by atoms with Gasteiger partial charge < -0.3 is 25.4 Å². The zero-order valence-corrected chi connectivity index (χ0v) is 26.2. The first-order chi connectivity index (χ1) is 20.4. The van der Waals surface area contributed by atoms with Crippen LogP contribution in [0.25, 0.3) is 10.6 Å². The number of anilines is 3. The van der Waals surface area contributed by atoms with Gasteiger partial charge >= 0.3 is 12.1 Å². The SMILES string of the molecule is CCCCOC(=O)C(N)C1CCN(c2cccc(-c3nc(C(=O)Nc4cnn(C)c4)c(NC(=O)OC(C)(C)C)s3)c2)CC1. The Morgan fingerprint density at radius 2 is 1.93 bits per heavy atom. The standard InChI is InChI=1S/C30H41N7O5S/c1-6-7-15-41-28(39)23(31)19-11-13-37(14-12-19)22-10-8-9-20(16-22)26-34-24(25(38)33-21-17-32-36(5)18-21)27(43-26)35-29(40)42-30(2,3)4/h8-10,16-19,23H,6-7,11-15,31H2,1-5H3,(H,33,38)(H,35,40). The van der Waals surface area contributed by atoms with Crippen molar-refractivity contribution in [1.82, 2.24) is 14.8 Å². The van der Waals surface area contributed by atoms with Crippen LogP contribution in [-0.2, 0) is 21.3 Å². The molecule has 0 aliphatic carbocycles. The topological polar surface area (TPSA) is 154 Å². The fourth-order valence-electron chi connectivity index (χ4n) is 4.71. The zero-order chi connectivity index (χ0) is 31.1. The van der Waals surface area contributed by atoms with Crippen LogP contribution in [0.1, 0.15) is 63.9 Å². The summed E-state index contributed by atoms with van der Waals surface area (Å²) in [6.45, 7) is 9.24. The number of thiazole rings is 1. The second kappa shape index (κ2) is 14.0. The smallest absolute Gasteiger partial charge is 0.412 e. The molecule has 4 N–H and O–H groups in total. The van der Waals surface area contributed by atoms with E-state index in [2.05, 4.69) is 25.6 Å². The van der Waals surface area contributed by atoms with E-state index in [1.807, 2.05) is 31.2 Å². The van der Waals surface area contributed by atoms with Crippen molar-refractivity contribution in [2.45, 2.75) is 65.0 Å². The highest BCUT2D eigenvalue weighted by molar-refractivity contribution is 7.19. The first-order valence-corrected chi connectivity index (χ1v) is 15.3. The third-order valence-corrected chi connectivity index (χ3v) is 7.96. The number of piperidine rings is 1. The summed E-state index contributed by atoms with van der Waals surface area (Å²) in [6, 6.07) is 7.26. The molecule has 1 fully saturated rings. The van der Waals surface area contributed by atoms with Gasteiger partial charge in [-0.2, -0.15) is 5.10 Å².